The number of carbonyl (C=O) groups is 2. The third-order valence-electron chi connectivity index (χ3n) is 3.77. The maximum Gasteiger partial charge on any atom is 0.309 e. The molecule has 0 saturated heterocycles. The van der Waals surface area contributed by atoms with Crippen molar-refractivity contribution in [3.05, 3.63) is 59.7 Å². The summed E-state index contributed by atoms with van der Waals surface area (Å²) in [5, 5.41) is 10.1. The Bertz CT molecular complexity index is 894. The highest BCUT2D eigenvalue weighted by Crippen LogP contribution is 2.11. The number of nitrogens with one attached hydrogen (secondary N) is 2. The SMILES string of the molecule is COc1ccc(CNC(=O)C(=O)NCCc2ccc(S(N)(=O)=O)cc2)cc1. The van der Waals surface area contributed by atoms with Gasteiger partial charge in [0.1, 0.15) is 5.75 Å². The molecule has 4 N–H and O–H groups in total. The average molecular weight is 391 g/mol. The number of nitrogens with two attached hydrogens (primary N) is 1. The second-order valence-corrected chi connectivity index (χ2v) is 7.29. The van der Waals surface area contributed by atoms with E-state index >= 15 is 0 Å². The molecule has 0 aliphatic carbocycles. The summed E-state index contributed by atoms with van der Waals surface area (Å²) in [5.74, 6) is -0.750. The zero-order valence-corrected chi connectivity index (χ0v) is 15.6. The molecule has 0 unspecified atom stereocenters. The van der Waals surface area contributed by atoms with E-state index in [0.717, 1.165) is 11.1 Å². The zero-order chi connectivity index (χ0) is 19.9. The van der Waals surface area contributed by atoms with Crippen LogP contribution >= 0.6 is 0 Å². The first-order valence-electron chi connectivity index (χ1n) is 8.10. The summed E-state index contributed by atoms with van der Waals surface area (Å²) in [6.45, 7) is 0.467. The Kier molecular flexibility index (Phi) is 6.91. The van der Waals surface area contributed by atoms with Crippen LogP contribution in [0.2, 0.25) is 0 Å². The molecule has 9 heteroatoms. The summed E-state index contributed by atoms with van der Waals surface area (Å²) in [5.41, 5.74) is 1.65. The summed E-state index contributed by atoms with van der Waals surface area (Å²) in [4.78, 5) is 23.6. The summed E-state index contributed by atoms with van der Waals surface area (Å²) in [6, 6.07) is 13.1. The van der Waals surface area contributed by atoms with E-state index in [2.05, 4.69) is 10.6 Å². The van der Waals surface area contributed by atoms with Gasteiger partial charge < -0.3 is 15.4 Å². The highest BCUT2D eigenvalue weighted by Gasteiger charge is 2.12. The van der Waals surface area contributed by atoms with Crippen LogP contribution in [0.4, 0.5) is 0 Å². The molecule has 0 spiro atoms. The van der Waals surface area contributed by atoms with Crippen molar-refractivity contribution in [1.82, 2.24) is 10.6 Å². The molecular weight excluding hydrogens is 370 g/mol. The molecule has 8 nitrogen and oxygen atoms in total. The molecular formula is C18H21N3O5S. The Hall–Kier alpha value is -2.91. The Morgan fingerprint density at radius 1 is 0.926 bits per heavy atom. The lowest BCUT2D eigenvalue weighted by atomic mass is 10.1. The summed E-state index contributed by atoms with van der Waals surface area (Å²) < 4.78 is 27.4. The van der Waals surface area contributed by atoms with Crippen molar-refractivity contribution >= 4 is 21.8 Å². The summed E-state index contributed by atoms with van der Waals surface area (Å²) in [7, 11) is -2.16. The minimum Gasteiger partial charge on any atom is -0.497 e. The van der Waals surface area contributed by atoms with Gasteiger partial charge in [-0.15, -0.1) is 0 Å². The van der Waals surface area contributed by atoms with Crippen molar-refractivity contribution in [3.8, 4) is 5.75 Å². The molecule has 0 bridgehead atoms. The van der Waals surface area contributed by atoms with E-state index in [1.807, 2.05) is 0 Å². The van der Waals surface area contributed by atoms with Gasteiger partial charge in [0, 0.05) is 13.1 Å². The van der Waals surface area contributed by atoms with Gasteiger partial charge in [-0.25, -0.2) is 13.6 Å². The predicted molar refractivity (Wildman–Crippen MR) is 99.4 cm³/mol. The number of sulfonamides is 1. The van der Waals surface area contributed by atoms with Crippen molar-refractivity contribution in [2.45, 2.75) is 17.9 Å². The molecule has 0 aliphatic heterocycles. The Morgan fingerprint density at radius 3 is 2.04 bits per heavy atom. The standard InChI is InChI=1S/C18H21N3O5S/c1-26-15-6-2-14(3-7-15)12-21-18(23)17(22)20-11-10-13-4-8-16(9-5-13)27(19,24)25/h2-9H,10-12H2,1H3,(H,20,22)(H,21,23)(H2,19,24,25). The van der Waals surface area contributed by atoms with Gasteiger partial charge in [-0.05, 0) is 41.8 Å². The van der Waals surface area contributed by atoms with Crippen LogP contribution in [0.5, 0.6) is 5.75 Å². The number of hydrogen-bond donors (Lipinski definition) is 3. The smallest absolute Gasteiger partial charge is 0.309 e. The molecule has 27 heavy (non-hydrogen) atoms. The molecule has 144 valence electrons. The maximum absolute atomic E-state index is 11.8. The van der Waals surface area contributed by atoms with Crippen molar-refractivity contribution in [1.29, 1.82) is 0 Å². The van der Waals surface area contributed by atoms with Gasteiger partial charge in [-0.1, -0.05) is 24.3 Å². The number of hydrogen-bond acceptors (Lipinski definition) is 5. The third kappa shape index (κ3) is 6.39. The number of carbonyl (C=O) groups excluding carboxylic acids is 2. The monoisotopic (exact) mass is 391 g/mol. The molecule has 0 aromatic heterocycles. The van der Waals surface area contributed by atoms with Crippen molar-refractivity contribution in [3.63, 3.8) is 0 Å². The van der Waals surface area contributed by atoms with E-state index in [1.54, 1.807) is 43.5 Å². The molecule has 0 heterocycles. The molecule has 0 fully saturated rings. The molecule has 2 aromatic rings. The van der Waals surface area contributed by atoms with Gasteiger partial charge in [0.25, 0.3) is 0 Å². The van der Waals surface area contributed by atoms with Crippen molar-refractivity contribution in [2.24, 2.45) is 5.14 Å². The molecule has 0 radical (unpaired) electrons. The van der Waals surface area contributed by atoms with Crippen LogP contribution in [0.3, 0.4) is 0 Å². The Balaban J connectivity index is 1.75. The van der Waals surface area contributed by atoms with Gasteiger partial charge in [-0.3, -0.25) is 9.59 Å². The first-order chi connectivity index (χ1) is 12.8. The first-order valence-corrected chi connectivity index (χ1v) is 9.65. The number of primary sulfonamides is 1. The molecule has 2 aromatic carbocycles. The first kappa shape index (κ1) is 20.4. The van der Waals surface area contributed by atoms with Crippen LogP contribution in [0.1, 0.15) is 11.1 Å². The van der Waals surface area contributed by atoms with E-state index in [0.29, 0.717) is 12.2 Å². The normalized spacial score (nSPS) is 10.9. The average Bonchev–Trinajstić information content (AvgIpc) is 2.66. The quantitative estimate of drug-likeness (QED) is 0.586. The Labute approximate surface area is 157 Å². The second kappa shape index (κ2) is 9.15. The number of rotatable bonds is 7. The lowest BCUT2D eigenvalue weighted by molar-refractivity contribution is -0.139. The number of amides is 2. The Morgan fingerprint density at radius 2 is 1.48 bits per heavy atom. The molecule has 2 amide bonds. The summed E-state index contributed by atoms with van der Waals surface area (Å²) >= 11 is 0. The van der Waals surface area contributed by atoms with Gasteiger partial charge in [0.15, 0.2) is 0 Å². The van der Waals surface area contributed by atoms with Gasteiger partial charge >= 0.3 is 11.8 Å². The van der Waals surface area contributed by atoms with Crippen LogP contribution in [0.15, 0.2) is 53.4 Å². The highest BCUT2D eigenvalue weighted by atomic mass is 32.2. The lowest BCUT2D eigenvalue weighted by Gasteiger charge is -2.08. The minimum absolute atomic E-state index is 0.0215. The van der Waals surface area contributed by atoms with Crippen LogP contribution in [-0.2, 0) is 32.6 Å². The van der Waals surface area contributed by atoms with Gasteiger partial charge in [0.05, 0.1) is 12.0 Å². The van der Waals surface area contributed by atoms with E-state index in [-0.39, 0.29) is 18.0 Å². The van der Waals surface area contributed by atoms with E-state index in [4.69, 9.17) is 9.88 Å². The second-order valence-electron chi connectivity index (χ2n) is 5.73. The van der Waals surface area contributed by atoms with E-state index in [9.17, 15) is 18.0 Å². The zero-order valence-electron chi connectivity index (χ0n) is 14.8. The number of ether oxygens (including phenoxy) is 1. The number of methoxy groups -OCH3 is 1. The van der Waals surface area contributed by atoms with Gasteiger partial charge in [-0.2, -0.15) is 0 Å². The lowest BCUT2D eigenvalue weighted by Crippen LogP contribution is -2.40. The predicted octanol–water partition coefficient (Wildman–Crippen LogP) is 0.318. The molecule has 0 saturated carbocycles. The fourth-order valence-corrected chi connectivity index (χ4v) is 2.77. The number of benzene rings is 2. The fourth-order valence-electron chi connectivity index (χ4n) is 2.25. The minimum atomic E-state index is -3.73. The van der Waals surface area contributed by atoms with Crippen LogP contribution in [0, 0.1) is 0 Å². The topological polar surface area (TPSA) is 128 Å². The molecule has 0 atom stereocenters. The molecule has 0 aliphatic rings. The van der Waals surface area contributed by atoms with Gasteiger partial charge in [0.2, 0.25) is 10.0 Å². The third-order valence-corrected chi connectivity index (χ3v) is 4.70. The molecule has 2 rings (SSSR count). The van der Waals surface area contributed by atoms with Crippen molar-refractivity contribution in [2.75, 3.05) is 13.7 Å². The highest BCUT2D eigenvalue weighted by molar-refractivity contribution is 7.89. The van der Waals surface area contributed by atoms with Crippen LogP contribution < -0.4 is 20.5 Å². The summed E-state index contributed by atoms with van der Waals surface area (Å²) in [6.07, 6.45) is 0.447. The fraction of sp³-hybridized carbons (Fsp3) is 0.222. The van der Waals surface area contributed by atoms with Crippen LogP contribution in [-0.4, -0.2) is 33.9 Å². The maximum atomic E-state index is 11.8. The van der Waals surface area contributed by atoms with Crippen LogP contribution in [0.25, 0.3) is 0 Å². The largest absolute Gasteiger partial charge is 0.497 e. The van der Waals surface area contributed by atoms with Crippen molar-refractivity contribution < 1.29 is 22.7 Å². The van der Waals surface area contributed by atoms with E-state index in [1.165, 1.54) is 12.1 Å². The van der Waals surface area contributed by atoms with E-state index < -0.39 is 21.8 Å².